The molecule has 4 heteroatoms. The van der Waals surface area contributed by atoms with Crippen LogP contribution in [0.5, 0.6) is 0 Å². The fourth-order valence-electron chi connectivity index (χ4n) is 6.52. The van der Waals surface area contributed by atoms with Gasteiger partial charge in [0.2, 0.25) is 0 Å². The van der Waals surface area contributed by atoms with Crippen molar-refractivity contribution in [2.24, 2.45) is 0 Å². The summed E-state index contributed by atoms with van der Waals surface area (Å²) in [6.45, 7) is 21.2. The first kappa shape index (κ1) is 48.8. The van der Waals surface area contributed by atoms with E-state index in [-0.39, 0.29) is 45.1 Å². The normalized spacial score (nSPS) is 11.6. The van der Waals surface area contributed by atoms with E-state index in [2.05, 4.69) is 171 Å². The number of benzene rings is 4. The van der Waals surface area contributed by atoms with Gasteiger partial charge in [-0.3, -0.25) is 0 Å². The molecule has 0 aliphatic carbocycles. The van der Waals surface area contributed by atoms with Crippen molar-refractivity contribution in [2.45, 2.75) is 98.3 Å². The number of hydrogen-bond donors (Lipinski definition) is 0. The zero-order valence-corrected chi connectivity index (χ0v) is 37.8. The minimum absolute atomic E-state index is 0. The predicted octanol–water partition coefficient (Wildman–Crippen LogP) is 15.1. The zero-order valence-electron chi connectivity index (χ0n) is 32.7. The number of fused-ring (bicyclic) bond motifs is 2. The molecule has 2 radical (unpaired) electrons. The summed E-state index contributed by atoms with van der Waals surface area (Å²) in [6, 6.07) is 40.9. The maximum absolute atomic E-state index is 3.06. The molecule has 0 aliphatic rings. The molecule has 0 N–H and O–H groups in total. The third-order valence-corrected chi connectivity index (χ3v) is 9.75. The van der Waals surface area contributed by atoms with Crippen LogP contribution in [-0.2, 0) is 35.2 Å². The van der Waals surface area contributed by atoms with Crippen LogP contribution in [0.1, 0.15) is 109 Å². The fourth-order valence-corrected chi connectivity index (χ4v) is 6.52. The van der Waals surface area contributed by atoms with Crippen LogP contribution in [0.2, 0.25) is 0 Å². The molecular formula is C47H60Cl2SiZr-4. The third kappa shape index (κ3) is 12.2. The quantitative estimate of drug-likeness (QED) is 0.106. The van der Waals surface area contributed by atoms with E-state index < -0.39 is 0 Å². The van der Waals surface area contributed by atoms with Crippen molar-refractivity contribution in [1.29, 1.82) is 0 Å². The van der Waals surface area contributed by atoms with Crippen LogP contribution in [0.15, 0.2) is 109 Å². The molecule has 0 bridgehead atoms. The summed E-state index contributed by atoms with van der Waals surface area (Å²) in [5, 5.41) is 5.49. The van der Waals surface area contributed by atoms with Gasteiger partial charge < -0.3 is 14.9 Å². The molecule has 51 heavy (non-hydrogen) atoms. The SMILES string of the molecule is CCCC(C)c1cc2c(-c3ccc(C(C)(C)C)cc3)cccc2[cH-]1.CCc1cc2c(-c3ccc(C(C)CC)cc3)cccc2[cH-]1.Cl.Cl.[CH3-].[CH3-].[Si]=[Zr]. The molecule has 0 heterocycles. The molecule has 2 atom stereocenters. The molecule has 0 nitrogen and oxygen atoms in total. The number of aryl methyl sites for hydroxylation is 1. The van der Waals surface area contributed by atoms with Crippen LogP contribution >= 0.6 is 24.8 Å². The first-order chi connectivity index (χ1) is 22.6. The molecule has 0 saturated heterocycles. The Bertz CT molecular complexity index is 1860. The van der Waals surface area contributed by atoms with Gasteiger partial charge in [-0.25, -0.2) is 0 Å². The molecule has 0 saturated carbocycles. The Hall–Kier alpha value is -2.22. The van der Waals surface area contributed by atoms with E-state index in [9.17, 15) is 0 Å². The Morgan fingerprint density at radius 1 is 0.647 bits per heavy atom. The van der Waals surface area contributed by atoms with Crippen molar-refractivity contribution in [3.05, 3.63) is 146 Å². The Morgan fingerprint density at radius 3 is 1.61 bits per heavy atom. The first-order valence-corrected chi connectivity index (χ1v) is 21.7. The number of hydrogen-bond acceptors (Lipinski definition) is 0. The van der Waals surface area contributed by atoms with Crippen molar-refractivity contribution in [3.63, 3.8) is 0 Å². The van der Waals surface area contributed by atoms with Crippen molar-refractivity contribution < 1.29 is 23.3 Å². The molecule has 0 amide bonds. The fraction of sp³-hybridized carbons (Fsp3) is 0.319. The second-order valence-corrected chi connectivity index (χ2v) is 14.1. The zero-order chi connectivity index (χ0) is 34.1. The molecule has 0 fully saturated rings. The maximum atomic E-state index is 3.06. The Balaban J connectivity index is 0.000000875. The predicted molar refractivity (Wildman–Crippen MR) is 233 cm³/mol. The molecule has 6 aromatic carbocycles. The van der Waals surface area contributed by atoms with Crippen LogP contribution in [0.3, 0.4) is 0 Å². The average molecular weight is 815 g/mol. The second kappa shape index (κ2) is 22.8. The molecule has 0 aromatic heterocycles. The van der Waals surface area contributed by atoms with E-state index in [1.54, 1.807) is 0 Å². The van der Waals surface area contributed by atoms with Crippen molar-refractivity contribution >= 4 is 53.2 Å². The molecule has 0 aliphatic heterocycles. The molecular weight excluding hydrogens is 755 g/mol. The van der Waals surface area contributed by atoms with Crippen LogP contribution in [0.4, 0.5) is 0 Å². The summed E-state index contributed by atoms with van der Waals surface area (Å²) >= 11 is 1.36. The minimum atomic E-state index is 0. The monoisotopic (exact) mass is 812 g/mol. The summed E-state index contributed by atoms with van der Waals surface area (Å²) in [7, 11) is 0. The first-order valence-electron chi connectivity index (χ1n) is 17.5. The van der Waals surface area contributed by atoms with Gasteiger partial charge in [0.05, 0.1) is 0 Å². The van der Waals surface area contributed by atoms with Crippen molar-refractivity contribution in [2.75, 3.05) is 0 Å². The van der Waals surface area contributed by atoms with E-state index in [1.165, 1.54) is 109 Å². The van der Waals surface area contributed by atoms with Gasteiger partial charge >= 0.3 is 30.2 Å². The second-order valence-electron chi connectivity index (χ2n) is 14.1. The molecule has 2 unspecified atom stereocenters. The van der Waals surface area contributed by atoms with Crippen LogP contribution in [-0.4, -0.2) is 6.88 Å². The summed E-state index contributed by atoms with van der Waals surface area (Å²) < 4.78 is 0. The van der Waals surface area contributed by atoms with Gasteiger partial charge in [0, 0.05) is 0 Å². The standard InChI is InChI=1S/C24H29.C21H23.2CH3.2ClH.Si.Zr/c1-6-8-17(2)20-15-19-9-7-10-22(23(19)16-20)18-11-13-21(14-12-18)24(3,4)5;1-4-15(3)17-9-11-18(12-10-17)20-8-6-7-19-13-16(5-2)14-21(19)20;;;;;;/h7,9-17H,6,8H2,1-5H3;6-15H,4-5H2,1-3H3;2*1H3;2*1H;;/q4*-1;;;;. The summed E-state index contributed by atoms with van der Waals surface area (Å²) in [6.07, 6.45) is 4.79. The van der Waals surface area contributed by atoms with Gasteiger partial charge in [-0.15, -0.1) is 93.9 Å². The number of halogens is 2. The van der Waals surface area contributed by atoms with Gasteiger partial charge in [-0.05, 0) is 58.8 Å². The Kier molecular flexibility index (Phi) is 21.8. The van der Waals surface area contributed by atoms with Crippen molar-refractivity contribution in [3.8, 4) is 22.3 Å². The van der Waals surface area contributed by atoms with E-state index in [4.69, 9.17) is 0 Å². The van der Waals surface area contributed by atoms with Gasteiger partial charge in [0.15, 0.2) is 0 Å². The topological polar surface area (TPSA) is 0 Å². The third-order valence-electron chi connectivity index (χ3n) is 9.75. The Morgan fingerprint density at radius 2 is 1.14 bits per heavy atom. The molecule has 0 spiro atoms. The van der Waals surface area contributed by atoms with Gasteiger partial charge in [-0.2, -0.15) is 12.1 Å². The van der Waals surface area contributed by atoms with E-state index in [0.717, 1.165) is 6.42 Å². The Labute approximate surface area is 341 Å². The van der Waals surface area contributed by atoms with Crippen molar-refractivity contribution in [1.82, 2.24) is 0 Å². The summed E-state index contributed by atoms with van der Waals surface area (Å²) in [5.74, 6) is 1.28. The van der Waals surface area contributed by atoms with E-state index >= 15 is 0 Å². The van der Waals surface area contributed by atoms with Crippen LogP contribution in [0, 0.1) is 14.9 Å². The molecule has 6 rings (SSSR count). The van der Waals surface area contributed by atoms with E-state index in [1.807, 2.05) is 0 Å². The molecule has 274 valence electrons. The van der Waals surface area contributed by atoms with Crippen LogP contribution < -0.4 is 0 Å². The summed E-state index contributed by atoms with van der Waals surface area (Å²) in [5.41, 5.74) is 11.3. The number of rotatable bonds is 8. The van der Waals surface area contributed by atoms with E-state index in [0.29, 0.717) is 11.8 Å². The average Bonchev–Trinajstić information content (AvgIpc) is 3.74. The van der Waals surface area contributed by atoms with Gasteiger partial charge in [0.25, 0.3) is 0 Å². The van der Waals surface area contributed by atoms with Crippen LogP contribution in [0.25, 0.3) is 43.8 Å². The van der Waals surface area contributed by atoms with Gasteiger partial charge in [0.1, 0.15) is 0 Å². The van der Waals surface area contributed by atoms with Gasteiger partial charge in [-0.1, -0.05) is 134 Å². The summed E-state index contributed by atoms with van der Waals surface area (Å²) in [4.78, 5) is 0. The molecule has 6 aromatic rings.